The van der Waals surface area contributed by atoms with Crippen LogP contribution in [0.4, 0.5) is 0 Å². The van der Waals surface area contributed by atoms with Crippen LogP contribution in [0, 0.1) is 11.3 Å². The summed E-state index contributed by atoms with van der Waals surface area (Å²) in [7, 11) is 1.42. The smallest absolute Gasteiger partial charge is 0.328 e. The Kier molecular flexibility index (Phi) is 3.03. The largest absolute Gasteiger partial charge is 0.358 e. The van der Waals surface area contributed by atoms with Gasteiger partial charge in [0.25, 0.3) is 5.56 Å². The molecule has 1 heterocycles. The Morgan fingerprint density at radius 1 is 1.67 bits per heavy atom. The fourth-order valence-corrected chi connectivity index (χ4v) is 0.940. The fraction of sp³-hybridized carbons (Fsp3) is 0.250. The summed E-state index contributed by atoms with van der Waals surface area (Å²) in [5.41, 5.74) is -1.68. The van der Waals surface area contributed by atoms with Crippen molar-refractivity contribution in [3.8, 4) is 6.07 Å². The molecule has 7 nitrogen and oxygen atoms in total. The molecule has 0 spiro atoms. The number of hydrogen-bond donors (Lipinski definition) is 2. The number of aromatic amines is 1. The molecule has 2 N–H and O–H groups in total. The van der Waals surface area contributed by atoms with Crippen molar-refractivity contribution in [2.24, 2.45) is 0 Å². The van der Waals surface area contributed by atoms with E-state index in [0.717, 1.165) is 10.8 Å². The summed E-state index contributed by atoms with van der Waals surface area (Å²) < 4.78 is 0.957. The molecule has 1 aromatic heterocycles. The van der Waals surface area contributed by atoms with E-state index in [4.69, 9.17) is 5.26 Å². The first kappa shape index (κ1) is 10.7. The summed E-state index contributed by atoms with van der Waals surface area (Å²) in [5, 5.41) is 10.9. The standard InChI is InChI=1S/C8H8N4O3/c1-10-6(13)4-12-3-5(2-9)7(14)11-8(12)15/h3H,4H2,1H3,(H,10,13)(H,11,14,15). The third-order valence-electron chi connectivity index (χ3n) is 1.72. The molecular weight excluding hydrogens is 200 g/mol. The summed E-state index contributed by atoms with van der Waals surface area (Å²) in [5.74, 6) is -0.395. The van der Waals surface area contributed by atoms with Crippen LogP contribution in [-0.4, -0.2) is 22.5 Å². The predicted octanol–water partition coefficient (Wildman–Crippen LogP) is -1.85. The summed E-state index contributed by atoms with van der Waals surface area (Å²) in [6.45, 7) is -0.235. The van der Waals surface area contributed by atoms with Gasteiger partial charge in [-0.2, -0.15) is 5.26 Å². The topological polar surface area (TPSA) is 108 Å². The quantitative estimate of drug-likeness (QED) is 0.595. The minimum atomic E-state index is -0.754. The van der Waals surface area contributed by atoms with Gasteiger partial charge in [0.2, 0.25) is 5.91 Å². The van der Waals surface area contributed by atoms with Gasteiger partial charge >= 0.3 is 5.69 Å². The Morgan fingerprint density at radius 3 is 2.87 bits per heavy atom. The van der Waals surface area contributed by atoms with Crippen molar-refractivity contribution in [2.45, 2.75) is 6.54 Å². The third-order valence-corrected chi connectivity index (χ3v) is 1.72. The van der Waals surface area contributed by atoms with Gasteiger partial charge in [-0.25, -0.2) is 4.79 Å². The number of rotatable bonds is 2. The number of amides is 1. The molecule has 0 bridgehead atoms. The number of likely N-dealkylation sites (N-methyl/N-ethyl adjacent to an activating group) is 1. The highest BCUT2D eigenvalue weighted by Gasteiger charge is 2.06. The molecule has 0 aliphatic carbocycles. The van der Waals surface area contributed by atoms with Crippen molar-refractivity contribution in [1.82, 2.24) is 14.9 Å². The van der Waals surface area contributed by atoms with Crippen molar-refractivity contribution < 1.29 is 4.79 Å². The molecule has 0 fully saturated rings. The van der Waals surface area contributed by atoms with E-state index in [1.807, 2.05) is 4.98 Å². The zero-order chi connectivity index (χ0) is 11.4. The number of aromatic nitrogens is 2. The zero-order valence-electron chi connectivity index (χ0n) is 7.90. The molecule has 0 aromatic carbocycles. The highest BCUT2D eigenvalue weighted by atomic mass is 16.2. The van der Waals surface area contributed by atoms with Crippen LogP contribution in [0.3, 0.4) is 0 Å². The molecule has 78 valence electrons. The van der Waals surface area contributed by atoms with E-state index in [2.05, 4.69) is 5.32 Å². The average Bonchev–Trinajstić information content (AvgIpc) is 2.21. The molecule has 0 aliphatic heterocycles. The number of H-pyrrole nitrogens is 1. The van der Waals surface area contributed by atoms with E-state index in [0.29, 0.717) is 0 Å². The Labute approximate surface area is 84.0 Å². The van der Waals surface area contributed by atoms with Crippen molar-refractivity contribution in [3.63, 3.8) is 0 Å². The maximum Gasteiger partial charge on any atom is 0.328 e. The van der Waals surface area contributed by atoms with Crippen LogP contribution in [0.5, 0.6) is 0 Å². The molecule has 0 saturated heterocycles. The van der Waals surface area contributed by atoms with E-state index in [-0.39, 0.29) is 12.1 Å². The second-order valence-corrected chi connectivity index (χ2v) is 2.71. The second kappa shape index (κ2) is 4.23. The Morgan fingerprint density at radius 2 is 2.33 bits per heavy atom. The fourth-order valence-electron chi connectivity index (χ4n) is 0.940. The van der Waals surface area contributed by atoms with Gasteiger partial charge in [-0.05, 0) is 0 Å². The lowest BCUT2D eigenvalue weighted by molar-refractivity contribution is -0.121. The summed E-state index contributed by atoms with van der Waals surface area (Å²) in [6, 6.07) is 1.62. The first-order valence-electron chi connectivity index (χ1n) is 4.03. The van der Waals surface area contributed by atoms with Crippen LogP contribution >= 0.6 is 0 Å². The summed E-state index contributed by atoms with van der Waals surface area (Å²) >= 11 is 0. The lowest BCUT2D eigenvalue weighted by Crippen LogP contribution is -2.35. The third kappa shape index (κ3) is 2.31. The molecule has 7 heteroatoms. The van der Waals surface area contributed by atoms with Gasteiger partial charge in [-0.3, -0.25) is 19.1 Å². The molecule has 1 amide bonds. The predicted molar refractivity (Wildman–Crippen MR) is 50.1 cm³/mol. The lowest BCUT2D eigenvalue weighted by atomic mass is 10.4. The highest BCUT2D eigenvalue weighted by Crippen LogP contribution is 1.84. The van der Waals surface area contributed by atoms with Gasteiger partial charge in [-0.1, -0.05) is 0 Å². The number of hydrogen-bond acceptors (Lipinski definition) is 4. The van der Waals surface area contributed by atoms with Gasteiger partial charge in [0.05, 0.1) is 0 Å². The zero-order valence-corrected chi connectivity index (χ0v) is 7.90. The second-order valence-electron chi connectivity index (χ2n) is 2.71. The molecule has 1 aromatic rings. The van der Waals surface area contributed by atoms with E-state index in [1.54, 1.807) is 6.07 Å². The molecule has 0 unspecified atom stereocenters. The van der Waals surface area contributed by atoms with Crippen molar-refractivity contribution in [2.75, 3.05) is 7.05 Å². The van der Waals surface area contributed by atoms with E-state index >= 15 is 0 Å². The average molecular weight is 208 g/mol. The highest BCUT2D eigenvalue weighted by molar-refractivity contribution is 5.75. The number of nitriles is 1. The van der Waals surface area contributed by atoms with E-state index in [1.165, 1.54) is 7.05 Å². The Hall–Kier alpha value is -2.36. The number of carbonyl (C=O) groups excluding carboxylic acids is 1. The SMILES string of the molecule is CNC(=O)Cn1cc(C#N)c(=O)[nH]c1=O. The summed E-state index contributed by atoms with van der Waals surface area (Å²) in [6.07, 6.45) is 1.05. The Bertz CT molecular complexity index is 534. The first-order valence-corrected chi connectivity index (χ1v) is 4.03. The van der Waals surface area contributed by atoms with Gasteiger partial charge in [-0.15, -0.1) is 0 Å². The van der Waals surface area contributed by atoms with Crippen molar-refractivity contribution in [1.29, 1.82) is 5.26 Å². The molecule has 0 radical (unpaired) electrons. The van der Waals surface area contributed by atoms with Crippen LogP contribution < -0.4 is 16.6 Å². The molecule has 0 aliphatic rings. The Balaban J connectivity index is 3.21. The van der Waals surface area contributed by atoms with Crippen LogP contribution in [0.1, 0.15) is 5.56 Å². The van der Waals surface area contributed by atoms with Crippen LogP contribution in [0.15, 0.2) is 15.8 Å². The van der Waals surface area contributed by atoms with Crippen molar-refractivity contribution in [3.05, 3.63) is 32.6 Å². The first-order chi connectivity index (χ1) is 7.08. The van der Waals surface area contributed by atoms with Crippen molar-refractivity contribution >= 4 is 5.91 Å². The molecule has 15 heavy (non-hydrogen) atoms. The normalized spacial score (nSPS) is 9.33. The minimum absolute atomic E-state index is 0.210. The monoisotopic (exact) mass is 208 g/mol. The maximum atomic E-state index is 11.2. The number of nitrogens with zero attached hydrogens (tertiary/aromatic N) is 2. The van der Waals surface area contributed by atoms with Gasteiger partial charge in [0.1, 0.15) is 18.2 Å². The summed E-state index contributed by atoms with van der Waals surface area (Å²) in [4.78, 5) is 35.1. The molecule has 1 rings (SSSR count). The van der Waals surface area contributed by atoms with Gasteiger partial charge in [0.15, 0.2) is 0 Å². The van der Waals surface area contributed by atoms with E-state index < -0.39 is 17.2 Å². The number of nitrogens with one attached hydrogen (secondary N) is 2. The molecule has 0 atom stereocenters. The lowest BCUT2D eigenvalue weighted by Gasteiger charge is -2.03. The molecule has 0 saturated carbocycles. The van der Waals surface area contributed by atoms with Gasteiger partial charge < -0.3 is 5.32 Å². The molecular formula is C8H8N4O3. The van der Waals surface area contributed by atoms with Crippen LogP contribution in [-0.2, 0) is 11.3 Å². The number of carbonyl (C=O) groups is 1. The van der Waals surface area contributed by atoms with Gasteiger partial charge in [0, 0.05) is 13.2 Å². The van der Waals surface area contributed by atoms with Crippen LogP contribution in [0.2, 0.25) is 0 Å². The maximum absolute atomic E-state index is 11.2. The minimum Gasteiger partial charge on any atom is -0.358 e. The van der Waals surface area contributed by atoms with E-state index in [9.17, 15) is 14.4 Å². The van der Waals surface area contributed by atoms with Crippen LogP contribution in [0.25, 0.3) is 0 Å².